The summed E-state index contributed by atoms with van der Waals surface area (Å²) >= 11 is 3.30. The molecule has 1 unspecified atom stereocenters. The molecule has 0 aliphatic rings. The molecule has 1 aromatic heterocycles. The molecule has 1 N–H and O–H groups in total. The van der Waals surface area contributed by atoms with E-state index in [0.29, 0.717) is 16.3 Å². The maximum atomic E-state index is 12.8. The fourth-order valence-electron chi connectivity index (χ4n) is 1.81. The zero-order valence-corrected chi connectivity index (χ0v) is 12.8. The lowest BCUT2D eigenvalue weighted by Gasteiger charge is -2.14. The average molecular weight is 340 g/mol. The van der Waals surface area contributed by atoms with Crippen LogP contribution in [0.3, 0.4) is 0 Å². The third-order valence-electron chi connectivity index (χ3n) is 2.74. The van der Waals surface area contributed by atoms with Gasteiger partial charge in [0.2, 0.25) is 11.8 Å². The van der Waals surface area contributed by atoms with Crippen molar-refractivity contribution in [2.24, 2.45) is 0 Å². The second-order valence-electron chi connectivity index (χ2n) is 4.43. The molecule has 1 heterocycles. The van der Waals surface area contributed by atoms with Gasteiger partial charge >= 0.3 is 0 Å². The molecular weight excluding hydrogens is 325 g/mol. The van der Waals surface area contributed by atoms with E-state index in [0.717, 1.165) is 12.0 Å². The first-order chi connectivity index (χ1) is 9.58. The van der Waals surface area contributed by atoms with Gasteiger partial charge in [0, 0.05) is 6.04 Å². The number of methoxy groups -OCH3 is 1. The molecule has 0 aliphatic heterocycles. The summed E-state index contributed by atoms with van der Waals surface area (Å²) in [6.07, 6.45) is 2.39. The number of halogens is 2. The van der Waals surface area contributed by atoms with Gasteiger partial charge in [-0.05, 0) is 47.0 Å². The molecule has 0 saturated carbocycles. The minimum absolute atomic E-state index is 0.117. The number of hydrogen-bond acceptors (Lipinski definition) is 4. The van der Waals surface area contributed by atoms with Crippen LogP contribution in [0.1, 0.15) is 12.5 Å². The predicted octanol–water partition coefficient (Wildman–Crippen LogP) is 3.43. The average Bonchev–Trinajstić information content (AvgIpc) is 2.43. The number of ether oxygens (including phenoxy) is 1. The molecule has 1 aromatic carbocycles. The number of rotatable bonds is 5. The fourth-order valence-corrected chi connectivity index (χ4v) is 2.16. The Kier molecular flexibility index (Phi) is 4.89. The van der Waals surface area contributed by atoms with Gasteiger partial charge in [0.15, 0.2) is 0 Å². The first kappa shape index (κ1) is 14.7. The van der Waals surface area contributed by atoms with E-state index in [2.05, 4.69) is 31.2 Å². The fraction of sp³-hybridized carbons (Fsp3) is 0.286. The Morgan fingerprint density at radius 1 is 1.35 bits per heavy atom. The van der Waals surface area contributed by atoms with Crippen molar-refractivity contribution in [2.45, 2.75) is 19.4 Å². The lowest BCUT2D eigenvalue weighted by atomic mass is 10.1. The van der Waals surface area contributed by atoms with Crippen LogP contribution in [0.5, 0.6) is 5.88 Å². The predicted molar refractivity (Wildman–Crippen MR) is 79.5 cm³/mol. The zero-order valence-electron chi connectivity index (χ0n) is 11.2. The molecule has 0 fully saturated rings. The van der Waals surface area contributed by atoms with Gasteiger partial charge in [0.1, 0.15) is 5.82 Å². The van der Waals surface area contributed by atoms with Crippen LogP contribution in [0.4, 0.5) is 10.3 Å². The molecule has 2 aromatic rings. The van der Waals surface area contributed by atoms with E-state index in [4.69, 9.17) is 4.74 Å². The van der Waals surface area contributed by atoms with Gasteiger partial charge in [-0.1, -0.05) is 12.1 Å². The molecule has 0 amide bonds. The van der Waals surface area contributed by atoms with Crippen LogP contribution in [0.25, 0.3) is 0 Å². The summed E-state index contributed by atoms with van der Waals surface area (Å²) in [7, 11) is 1.55. The van der Waals surface area contributed by atoms with E-state index in [1.54, 1.807) is 25.4 Å². The quantitative estimate of drug-likeness (QED) is 0.906. The maximum Gasteiger partial charge on any atom is 0.232 e. The van der Waals surface area contributed by atoms with Crippen molar-refractivity contribution < 1.29 is 9.13 Å². The van der Waals surface area contributed by atoms with Crippen LogP contribution in [-0.2, 0) is 6.42 Å². The molecule has 0 bridgehead atoms. The molecule has 0 radical (unpaired) electrons. The summed E-state index contributed by atoms with van der Waals surface area (Å²) in [5.41, 5.74) is 1.05. The standard InChI is InChI=1S/C14H15BrFN3O/c1-9(7-10-3-5-11(16)6-4-10)18-14-17-8-12(15)13(19-14)20-2/h3-6,8-9H,7H2,1-2H3,(H,17,18,19). The van der Waals surface area contributed by atoms with Crippen molar-refractivity contribution in [3.05, 3.63) is 46.3 Å². The number of nitrogens with zero attached hydrogens (tertiary/aromatic N) is 2. The van der Waals surface area contributed by atoms with Crippen LogP contribution in [0.15, 0.2) is 34.9 Å². The summed E-state index contributed by atoms with van der Waals surface area (Å²) in [5, 5.41) is 3.19. The second-order valence-corrected chi connectivity index (χ2v) is 5.28. The maximum absolute atomic E-state index is 12.8. The Bertz CT molecular complexity index is 577. The third kappa shape index (κ3) is 3.90. The highest BCUT2D eigenvalue weighted by Gasteiger charge is 2.09. The number of anilines is 1. The summed E-state index contributed by atoms with van der Waals surface area (Å²) in [6, 6.07) is 6.58. The van der Waals surface area contributed by atoms with E-state index in [-0.39, 0.29) is 11.9 Å². The molecular formula is C14H15BrFN3O. The van der Waals surface area contributed by atoms with Gasteiger partial charge in [0.05, 0.1) is 17.8 Å². The van der Waals surface area contributed by atoms with Gasteiger partial charge in [-0.15, -0.1) is 0 Å². The monoisotopic (exact) mass is 339 g/mol. The summed E-state index contributed by atoms with van der Waals surface area (Å²) in [6.45, 7) is 2.02. The Hall–Kier alpha value is -1.69. The van der Waals surface area contributed by atoms with Gasteiger partial charge in [0.25, 0.3) is 0 Å². The molecule has 0 spiro atoms. The third-order valence-corrected chi connectivity index (χ3v) is 3.28. The normalized spacial score (nSPS) is 12.0. The van der Waals surface area contributed by atoms with Crippen molar-refractivity contribution in [3.63, 3.8) is 0 Å². The van der Waals surface area contributed by atoms with Crippen molar-refractivity contribution in [3.8, 4) is 5.88 Å². The largest absolute Gasteiger partial charge is 0.480 e. The number of aromatic nitrogens is 2. The molecule has 106 valence electrons. The summed E-state index contributed by atoms with van der Waals surface area (Å²) < 4.78 is 18.7. The molecule has 1 atom stereocenters. The number of hydrogen-bond donors (Lipinski definition) is 1. The van der Waals surface area contributed by atoms with Crippen LogP contribution in [-0.4, -0.2) is 23.1 Å². The van der Waals surface area contributed by atoms with Crippen molar-refractivity contribution in [1.29, 1.82) is 0 Å². The van der Waals surface area contributed by atoms with Crippen LogP contribution >= 0.6 is 15.9 Å². The van der Waals surface area contributed by atoms with E-state index in [1.165, 1.54) is 12.1 Å². The zero-order chi connectivity index (χ0) is 14.5. The van der Waals surface area contributed by atoms with Gasteiger partial charge < -0.3 is 10.1 Å². The smallest absolute Gasteiger partial charge is 0.232 e. The van der Waals surface area contributed by atoms with Crippen LogP contribution in [0.2, 0.25) is 0 Å². The summed E-state index contributed by atoms with van der Waals surface area (Å²) in [5.74, 6) is 0.756. The van der Waals surface area contributed by atoms with Gasteiger partial charge in [-0.2, -0.15) is 4.98 Å². The highest BCUT2D eigenvalue weighted by molar-refractivity contribution is 9.10. The van der Waals surface area contributed by atoms with E-state index in [1.807, 2.05) is 6.92 Å². The SMILES string of the molecule is COc1nc(NC(C)Cc2ccc(F)cc2)ncc1Br. The Morgan fingerprint density at radius 3 is 2.70 bits per heavy atom. The Balaban J connectivity index is 2.00. The Labute approximate surface area is 125 Å². The number of benzene rings is 1. The highest BCUT2D eigenvalue weighted by atomic mass is 79.9. The topological polar surface area (TPSA) is 47.0 Å². The van der Waals surface area contributed by atoms with Crippen molar-refractivity contribution in [1.82, 2.24) is 9.97 Å². The second kappa shape index (κ2) is 6.65. The number of nitrogens with one attached hydrogen (secondary N) is 1. The first-order valence-corrected chi connectivity index (χ1v) is 6.95. The molecule has 6 heteroatoms. The minimum atomic E-state index is -0.227. The highest BCUT2D eigenvalue weighted by Crippen LogP contribution is 2.22. The van der Waals surface area contributed by atoms with Crippen LogP contribution < -0.4 is 10.1 Å². The van der Waals surface area contributed by atoms with E-state index >= 15 is 0 Å². The van der Waals surface area contributed by atoms with Crippen molar-refractivity contribution >= 4 is 21.9 Å². The summed E-state index contributed by atoms with van der Waals surface area (Å²) in [4.78, 5) is 8.41. The van der Waals surface area contributed by atoms with Gasteiger partial charge in [-0.3, -0.25) is 0 Å². The molecule has 4 nitrogen and oxygen atoms in total. The van der Waals surface area contributed by atoms with E-state index < -0.39 is 0 Å². The van der Waals surface area contributed by atoms with Gasteiger partial charge in [-0.25, -0.2) is 9.37 Å². The van der Waals surface area contributed by atoms with E-state index in [9.17, 15) is 4.39 Å². The first-order valence-electron chi connectivity index (χ1n) is 6.16. The Morgan fingerprint density at radius 2 is 2.05 bits per heavy atom. The molecule has 0 aliphatic carbocycles. The van der Waals surface area contributed by atoms with Crippen molar-refractivity contribution in [2.75, 3.05) is 12.4 Å². The minimum Gasteiger partial charge on any atom is -0.480 e. The molecule has 0 saturated heterocycles. The van der Waals surface area contributed by atoms with Crippen LogP contribution in [0, 0.1) is 5.82 Å². The molecule has 2 rings (SSSR count). The lowest BCUT2D eigenvalue weighted by Crippen LogP contribution is -2.19. The lowest BCUT2D eigenvalue weighted by molar-refractivity contribution is 0.394. The molecule has 20 heavy (non-hydrogen) atoms.